The van der Waals surface area contributed by atoms with Gasteiger partial charge in [-0.1, -0.05) is 0 Å². The molecule has 0 saturated carbocycles. The van der Waals surface area contributed by atoms with Gasteiger partial charge in [0.2, 0.25) is 0 Å². The summed E-state index contributed by atoms with van der Waals surface area (Å²) >= 11 is 0. The minimum Gasteiger partial charge on any atom is -0.389 e. The number of hydrogen-bond donors (Lipinski definition) is 2. The van der Waals surface area contributed by atoms with Gasteiger partial charge in [0.15, 0.2) is 5.82 Å². The number of rotatable bonds is 8. The fraction of sp³-hybridized carbons (Fsp3) is 0.818. The molecule has 1 heterocycles. The zero-order valence-corrected chi connectivity index (χ0v) is 10.8. The zero-order chi connectivity index (χ0) is 12.7. The lowest BCUT2D eigenvalue weighted by Crippen LogP contribution is -2.32. The highest BCUT2D eigenvalue weighted by Gasteiger charge is 2.05. The second-order valence-corrected chi connectivity index (χ2v) is 4.32. The molecule has 0 aliphatic rings. The molecule has 0 aliphatic carbocycles. The fourth-order valence-electron chi connectivity index (χ4n) is 1.33. The van der Waals surface area contributed by atoms with E-state index in [-0.39, 0.29) is 6.10 Å². The highest BCUT2D eigenvalue weighted by molar-refractivity contribution is 4.82. The molecule has 6 heteroatoms. The van der Waals surface area contributed by atoms with Crippen molar-refractivity contribution < 1.29 is 9.84 Å². The van der Waals surface area contributed by atoms with Crippen molar-refractivity contribution in [2.45, 2.75) is 32.5 Å². The van der Waals surface area contributed by atoms with Crippen LogP contribution < -0.4 is 5.32 Å². The SMILES string of the molecule is CC(C)OCC(O)CNCCc1ncn(C)n1. The summed E-state index contributed by atoms with van der Waals surface area (Å²) in [5, 5.41) is 16.9. The van der Waals surface area contributed by atoms with Crippen LogP contribution >= 0.6 is 0 Å². The van der Waals surface area contributed by atoms with Crippen LogP contribution in [0.15, 0.2) is 6.33 Å². The zero-order valence-electron chi connectivity index (χ0n) is 10.8. The Hall–Kier alpha value is -0.980. The molecule has 0 spiro atoms. The Kier molecular flexibility index (Phi) is 6.10. The van der Waals surface area contributed by atoms with Gasteiger partial charge in [-0.25, -0.2) is 4.98 Å². The number of aliphatic hydroxyl groups excluding tert-OH is 1. The number of aromatic nitrogens is 3. The van der Waals surface area contributed by atoms with E-state index in [1.54, 1.807) is 11.0 Å². The van der Waals surface area contributed by atoms with E-state index >= 15 is 0 Å². The first-order valence-electron chi connectivity index (χ1n) is 5.93. The summed E-state index contributed by atoms with van der Waals surface area (Å²) in [5.41, 5.74) is 0. The summed E-state index contributed by atoms with van der Waals surface area (Å²) < 4.78 is 6.99. The van der Waals surface area contributed by atoms with Crippen LogP contribution in [0.2, 0.25) is 0 Å². The van der Waals surface area contributed by atoms with Crippen LogP contribution in [0.3, 0.4) is 0 Å². The minimum absolute atomic E-state index is 0.155. The average Bonchev–Trinajstić information content (AvgIpc) is 2.68. The lowest BCUT2D eigenvalue weighted by molar-refractivity contribution is 0.00651. The Balaban J connectivity index is 2.03. The highest BCUT2D eigenvalue weighted by Crippen LogP contribution is 1.91. The van der Waals surface area contributed by atoms with Gasteiger partial charge in [0.1, 0.15) is 6.33 Å². The molecule has 0 aromatic carbocycles. The third kappa shape index (κ3) is 6.35. The Labute approximate surface area is 102 Å². The first-order valence-corrected chi connectivity index (χ1v) is 5.93. The van der Waals surface area contributed by atoms with Crippen LogP contribution in [0.5, 0.6) is 0 Å². The number of aliphatic hydroxyl groups is 1. The molecule has 0 bridgehead atoms. The normalized spacial score (nSPS) is 13.2. The maximum absolute atomic E-state index is 9.58. The highest BCUT2D eigenvalue weighted by atomic mass is 16.5. The van der Waals surface area contributed by atoms with Crippen LogP contribution in [-0.2, 0) is 18.2 Å². The van der Waals surface area contributed by atoms with Crippen molar-refractivity contribution in [3.63, 3.8) is 0 Å². The van der Waals surface area contributed by atoms with E-state index in [1.807, 2.05) is 20.9 Å². The predicted octanol–water partition coefficient (Wildman–Crippen LogP) is -0.267. The van der Waals surface area contributed by atoms with E-state index in [0.717, 1.165) is 18.8 Å². The van der Waals surface area contributed by atoms with Gasteiger partial charge in [0.05, 0.1) is 18.8 Å². The lowest BCUT2D eigenvalue weighted by Gasteiger charge is -2.13. The molecule has 0 amide bonds. The summed E-state index contributed by atoms with van der Waals surface area (Å²) in [7, 11) is 1.84. The van der Waals surface area contributed by atoms with Crippen LogP contribution in [0, 0.1) is 0 Å². The van der Waals surface area contributed by atoms with Crippen molar-refractivity contribution in [1.29, 1.82) is 0 Å². The van der Waals surface area contributed by atoms with Crippen LogP contribution in [0.25, 0.3) is 0 Å². The van der Waals surface area contributed by atoms with E-state index in [4.69, 9.17) is 4.74 Å². The molecule has 17 heavy (non-hydrogen) atoms. The van der Waals surface area contributed by atoms with Crippen LogP contribution in [-0.4, -0.2) is 51.8 Å². The van der Waals surface area contributed by atoms with Crippen molar-refractivity contribution in [2.24, 2.45) is 7.05 Å². The van der Waals surface area contributed by atoms with Crippen LogP contribution in [0.1, 0.15) is 19.7 Å². The first-order chi connectivity index (χ1) is 8.08. The Morgan fingerprint density at radius 1 is 1.53 bits per heavy atom. The lowest BCUT2D eigenvalue weighted by atomic mass is 10.3. The van der Waals surface area contributed by atoms with Gasteiger partial charge >= 0.3 is 0 Å². The summed E-state index contributed by atoms with van der Waals surface area (Å²) in [5.74, 6) is 0.813. The van der Waals surface area contributed by atoms with E-state index in [1.165, 1.54) is 0 Å². The molecule has 1 aromatic rings. The van der Waals surface area contributed by atoms with Gasteiger partial charge in [-0.2, -0.15) is 5.10 Å². The van der Waals surface area contributed by atoms with Gasteiger partial charge in [0, 0.05) is 26.6 Å². The van der Waals surface area contributed by atoms with Gasteiger partial charge in [0.25, 0.3) is 0 Å². The van der Waals surface area contributed by atoms with E-state index < -0.39 is 6.10 Å². The van der Waals surface area contributed by atoms with Gasteiger partial charge in [-0.3, -0.25) is 4.68 Å². The second-order valence-electron chi connectivity index (χ2n) is 4.32. The number of ether oxygens (including phenoxy) is 1. The van der Waals surface area contributed by atoms with Crippen molar-refractivity contribution in [3.8, 4) is 0 Å². The van der Waals surface area contributed by atoms with E-state index in [0.29, 0.717) is 13.2 Å². The molecule has 1 atom stereocenters. The molecular weight excluding hydrogens is 220 g/mol. The summed E-state index contributed by atoms with van der Waals surface area (Å²) in [6.07, 6.45) is 2.13. The Morgan fingerprint density at radius 2 is 2.29 bits per heavy atom. The molecule has 0 radical (unpaired) electrons. The minimum atomic E-state index is -0.464. The van der Waals surface area contributed by atoms with Crippen molar-refractivity contribution in [2.75, 3.05) is 19.7 Å². The fourth-order valence-corrected chi connectivity index (χ4v) is 1.33. The third-order valence-electron chi connectivity index (χ3n) is 2.17. The van der Waals surface area contributed by atoms with E-state index in [2.05, 4.69) is 15.4 Å². The Morgan fingerprint density at radius 3 is 2.88 bits per heavy atom. The number of aryl methyl sites for hydroxylation is 1. The summed E-state index contributed by atoms with van der Waals surface area (Å²) in [4.78, 5) is 4.12. The molecule has 2 N–H and O–H groups in total. The predicted molar refractivity (Wildman–Crippen MR) is 64.7 cm³/mol. The maximum atomic E-state index is 9.58. The van der Waals surface area contributed by atoms with Gasteiger partial charge < -0.3 is 15.2 Å². The molecule has 0 fully saturated rings. The summed E-state index contributed by atoms with van der Waals surface area (Å²) in [6, 6.07) is 0. The quantitative estimate of drug-likeness (QED) is 0.614. The molecule has 0 saturated heterocycles. The maximum Gasteiger partial charge on any atom is 0.151 e. The number of nitrogens with zero attached hydrogens (tertiary/aromatic N) is 3. The van der Waals surface area contributed by atoms with Crippen LogP contribution in [0.4, 0.5) is 0 Å². The second kappa shape index (κ2) is 7.37. The van der Waals surface area contributed by atoms with Gasteiger partial charge in [-0.15, -0.1) is 0 Å². The summed E-state index contributed by atoms with van der Waals surface area (Å²) in [6.45, 7) is 5.55. The van der Waals surface area contributed by atoms with Crippen molar-refractivity contribution >= 4 is 0 Å². The molecule has 6 nitrogen and oxygen atoms in total. The number of hydrogen-bond acceptors (Lipinski definition) is 5. The average molecular weight is 242 g/mol. The largest absolute Gasteiger partial charge is 0.389 e. The smallest absolute Gasteiger partial charge is 0.151 e. The molecule has 1 unspecified atom stereocenters. The monoisotopic (exact) mass is 242 g/mol. The van der Waals surface area contributed by atoms with Crippen molar-refractivity contribution in [3.05, 3.63) is 12.2 Å². The van der Waals surface area contributed by atoms with E-state index in [9.17, 15) is 5.11 Å². The molecular formula is C11H22N4O2. The first kappa shape index (κ1) is 14.1. The molecule has 98 valence electrons. The number of nitrogens with one attached hydrogen (secondary N) is 1. The molecule has 1 rings (SSSR count). The third-order valence-corrected chi connectivity index (χ3v) is 2.17. The Bertz CT molecular complexity index is 314. The standard InChI is InChI=1S/C11H22N4O2/c1-9(2)17-7-10(16)6-12-5-4-11-13-8-15(3)14-11/h8-10,12,16H,4-7H2,1-3H3. The topological polar surface area (TPSA) is 72.2 Å². The molecule has 0 aliphatic heterocycles. The van der Waals surface area contributed by atoms with Gasteiger partial charge in [-0.05, 0) is 13.8 Å². The van der Waals surface area contributed by atoms with Crippen molar-refractivity contribution in [1.82, 2.24) is 20.1 Å². The molecule has 1 aromatic heterocycles.